The normalized spacial score (nSPS) is 10.8. The average Bonchev–Trinajstić information content (AvgIpc) is 3.18. The number of hydrogen-bond acceptors (Lipinski definition) is 7. The minimum absolute atomic E-state index is 0.0315. The van der Waals surface area contributed by atoms with Crippen LogP contribution in [-0.2, 0) is 11.3 Å². The standard InChI is InChI=1S/C23H29N5O3S/c1-5-12-27(14-17-8-6-16(2)7-9-17)21(29)15-32-23-26-25-22(28(23)24)19-11-10-18(30-3)13-20(19)31-4/h6-11,13H,5,12,14-15,24H2,1-4H3. The van der Waals surface area contributed by atoms with Gasteiger partial charge in [0, 0.05) is 19.2 Å². The Hall–Kier alpha value is -3.20. The Morgan fingerprint density at radius 3 is 2.53 bits per heavy atom. The van der Waals surface area contributed by atoms with Crippen LogP contribution in [0.2, 0.25) is 0 Å². The second-order valence-electron chi connectivity index (χ2n) is 7.33. The van der Waals surface area contributed by atoms with Gasteiger partial charge in [-0.05, 0) is 31.0 Å². The molecule has 0 saturated carbocycles. The predicted octanol–water partition coefficient (Wildman–Crippen LogP) is 3.52. The van der Waals surface area contributed by atoms with E-state index in [4.69, 9.17) is 15.3 Å². The first kappa shape index (κ1) is 23.5. The van der Waals surface area contributed by atoms with Crippen molar-refractivity contribution in [2.75, 3.05) is 32.4 Å². The van der Waals surface area contributed by atoms with Gasteiger partial charge in [-0.1, -0.05) is 48.5 Å². The van der Waals surface area contributed by atoms with Gasteiger partial charge in [-0.3, -0.25) is 4.79 Å². The molecule has 0 spiro atoms. The lowest BCUT2D eigenvalue weighted by molar-refractivity contribution is -0.129. The van der Waals surface area contributed by atoms with Gasteiger partial charge in [0.2, 0.25) is 11.1 Å². The van der Waals surface area contributed by atoms with Crippen molar-refractivity contribution in [2.24, 2.45) is 0 Å². The van der Waals surface area contributed by atoms with E-state index >= 15 is 0 Å². The number of benzene rings is 2. The molecule has 0 fully saturated rings. The maximum atomic E-state index is 12.9. The Balaban J connectivity index is 1.70. The van der Waals surface area contributed by atoms with Gasteiger partial charge in [-0.15, -0.1) is 10.2 Å². The van der Waals surface area contributed by atoms with Crippen LogP contribution in [0.15, 0.2) is 47.6 Å². The third kappa shape index (κ3) is 5.53. The molecule has 9 heteroatoms. The van der Waals surface area contributed by atoms with Gasteiger partial charge < -0.3 is 20.2 Å². The van der Waals surface area contributed by atoms with Crippen molar-refractivity contribution in [3.63, 3.8) is 0 Å². The molecule has 0 bridgehead atoms. The minimum Gasteiger partial charge on any atom is -0.497 e. The lowest BCUT2D eigenvalue weighted by Crippen LogP contribution is -2.32. The first-order valence-corrected chi connectivity index (χ1v) is 11.3. The molecule has 0 aliphatic carbocycles. The predicted molar refractivity (Wildman–Crippen MR) is 126 cm³/mol. The third-order valence-corrected chi connectivity index (χ3v) is 5.91. The summed E-state index contributed by atoms with van der Waals surface area (Å²) >= 11 is 1.27. The fraction of sp³-hybridized carbons (Fsp3) is 0.348. The summed E-state index contributed by atoms with van der Waals surface area (Å²) in [5, 5.41) is 8.84. The molecule has 8 nitrogen and oxygen atoms in total. The van der Waals surface area contributed by atoms with Crippen molar-refractivity contribution in [3.8, 4) is 22.9 Å². The molecular weight excluding hydrogens is 426 g/mol. The van der Waals surface area contributed by atoms with Crippen LogP contribution in [0.5, 0.6) is 11.5 Å². The average molecular weight is 456 g/mol. The summed E-state index contributed by atoms with van der Waals surface area (Å²) in [7, 11) is 3.16. The number of nitrogens with zero attached hydrogens (tertiary/aromatic N) is 4. The molecule has 1 amide bonds. The topological polar surface area (TPSA) is 95.5 Å². The summed E-state index contributed by atoms with van der Waals surface area (Å²) in [5.74, 6) is 8.19. The Bertz CT molecular complexity index is 1050. The smallest absolute Gasteiger partial charge is 0.233 e. The maximum absolute atomic E-state index is 12.9. The second-order valence-corrected chi connectivity index (χ2v) is 8.27. The Kier molecular flexibility index (Phi) is 7.99. The zero-order valence-corrected chi connectivity index (χ0v) is 19.7. The number of amides is 1. The van der Waals surface area contributed by atoms with Gasteiger partial charge >= 0.3 is 0 Å². The molecule has 1 heterocycles. The summed E-state index contributed by atoms with van der Waals surface area (Å²) in [5.41, 5.74) is 3.00. The van der Waals surface area contributed by atoms with Crippen LogP contribution in [-0.4, -0.2) is 52.2 Å². The number of aromatic nitrogens is 3. The minimum atomic E-state index is 0.0315. The van der Waals surface area contributed by atoms with E-state index in [2.05, 4.69) is 41.4 Å². The van der Waals surface area contributed by atoms with E-state index in [0.717, 1.165) is 12.0 Å². The number of hydrogen-bond donors (Lipinski definition) is 1. The largest absolute Gasteiger partial charge is 0.497 e. The van der Waals surface area contributed by atoms with E-state index in [-0.39, 0.29) is 11.7 Å². The van der Waals surface area contributed by atoms with Crippen molar-refractivity contribution in [3.05, 3.63) is 53.6 Å². The van der Waals surface area contributed by atoms with E-state index in [9.17, 15) is 4.79 Å². The van der Waals surface area contributed by atoms with E-state index < -0.39 is 0 Å². The highest BCUT2D eigenvalue weighted by Gasteiger charge is 2.19. The quantitative estimate of drug-likeness (QED) is 0.369. The number of carbonyl (C=O) groups is 1. The van der Waals surface area contributed by atoms with E-state index in [0.29, 0.717) is 41.1 Å². The molecule has 0 aliphatic rings. The van der Waals surface area contributed by atoms with Gasteiger partial charge in [0.1, 0.15) is 11.5 Å². The Morgan fingerprint density at radius 1 is 1.12 bits per heavy atom. The molecule has 0 aliphatic heterocycles. The van der Waals surface area contributed by atoms with Crippen LogP contribution >= 0.6 is 11.8 Å². The van der Waals surface area contributed by atoms with Crippen molar-refractivity contribution >= 4 is 17.7 Å². The highest BCUT2D eigenvalue weighted by atomic mass is 32.2. The fourth-order valence-electron chi connectivity index (χ4n) is 3.24. The van der Waals surface area contributed by atoms with E-state index in [1.807, 2.05) is 17.9 Å². The number of nitrogens with two attached hydrogens (primary N) is 1. The summed E-state index contributed by atoms with van der Waals surface area (Å²) in [4.78, 5) is 14.8. The van der Waals surface area contributed by atoms with Crippen molar-refractivity contribution in [2.45, 2.75) is 32.0 Å². The molecule has 170 valence electrons. The zero-order valence-electron chi connectivity index (χ0n) is 18.9. The number of nitrogen functional groups attached to an aromatic ring is 1. The van der Waals surface area contributed by atoms with Crippen LogP contribution in [0.4, 0.5) is 0 Å². The van der Waals surface area contributed by atoms with Crippen molar-refractivity contribution in [1.82, 2.24) is 19.8 Å². The molecule has 0 saturated heterocycles. The lowest BCUT2D eigenvalue weighted by atomic mass is 10.1. The molecule has 2 N–H and O–H groups in total. The molecule has 32 heavy (non-hydrogen) atoms. The molecule has 0 unspecified atom stereocenters. The van der Waals surface area contributed by atoms with Crippen molar-refractivity contribution in [1.29, 1.82) is 0 Å². The monoisotopic (exact) mass is 455 g/mol. The number of rotatable bonds is 10. The van der Waals surface area contributed by atoms with Gasteiger partial charge in [0.05, 0.1) is 25.5 Å². The van der Waals surface area contributed by atoms with E-state index in [1.54, 1.807) is 26.4 Å². The van der Waals surface area contributed by atoms with Crippen LogP contribution in [0, 0.1) is 6.92 Å². The first-order valence-electron chi connectivity index (χ1n) is 10.4. The summed E-state index contributed by atoms with van der Waals surface area (Å²) in [6, 6.07) is 13.6. The van der Waals surface area contributed by atoms with Crippen LogP contribution in [0.1, 0.15) is 24.5 Å². The third-order valence-electron chi connectivity index (χ3n) is 4.98. The number of thioether (sulfide) groups is 1. The maximum Gasteiger partial charge on any atom is 0.233 e. The van der Waals surface area contributed by atoms with Gasteiger partial charge in [-0.25, -0.2) is 4.68 Å². The highest BCUT2D eigenvalue weighted by molar-refractivity contribution is 7.99. The van der Waals surface area contributed by atoms with E-state index in [1.165, 1.54) is 22.0 Å². The molecule has 2 aromatic carbocycles. The number of methoxy groups -OCH3 is 2. The van der Waals surface area contributed by atoms with Crippen molar-refractivity contribution < 1.29 is 14.3 Å². The number of aryl methyl sites for hydroxylation is 1. The zero-order chi connectivity index (χ0) is 23.1. The highest BCUT2D eigenvalue weighted by Crippen LogP contribution is 2.33. The molecule has 0 radical (unpaired) electrons. The summed E-state index contributed by atoms with van der Waals surface area (Å²) in [6.07, 6.45) is 0.886. The van der Waals surface area contributed by atoms with Crippen LogP contribution in [0.25, 0.3) is 11.4 Å². The summed E-state index contributed by atoms with van der Waals surface area (Å²) in [6.45, 7) is 5.38. The second kappa shape index (κ2) is 10.9. The number of ether oxygens (including phenoxy) is 2. The van der Waals surface area contributed by atoms with Gasteiger partial charge in [0.25, 0.3) is 0 Å². The van der Waals surface area contributed by atoms with Gasteiger partial charge in [0.15, 0.2) is 5.82 Å². The molecule has 3 rings (SSSR count). The Labute approximate surface area is 192 Å². The molecular formula is C23H29N5O3S. The molecule has 0 atom stereocenters. The summed E-state index contributed by atoms with van der Waals surface area (Å²) < 4.78 is 12.1. The Morgan fingerprint density at radius 2 is 1.88 bits per heavy atom. The van der Waals surface area contributed by atoms with Crippen LogP contribution < -0.4 is 15.3 Å². The van der Waals surface area contributed by atoms with Gasteiger partial charge in [-0.2, -0.15) is 0 Å². The first-order chi connectivity index (χ1) is 15.5. The molecule has 3 aromatic rings. The number of carbonyl (C=O) groups excluding carboxylic acids is 1. The SMILES string of the molecule is CCCN(Cc1ccc(C)cc1)C(=O)CSc1nnc(-c2ccc(OC)cc2OC)n1N. The molecule has 1 aromatic heterocycles. The lowest BCUT2D eigenvalue weighted by Gasteiger charge is -2.22. The van der Waals surface area contributed by atoms with Crippen LogP contribution in [0.3, 0.4) is 0 Å². The fourth-order valence-corrected chi connectivity index (χ4v) is 3.99.